The number of hydrogen-bond acceptors (Lipinski definition) is 4. The van der Waals surface area contributed by atoms with Gasteiger partial charge in [-0.3, -0.25) is 4.98 Å². The minimum atomic E-state index is -5.08. The Morgan fingerprint density at radius 1 is 1.17 bits per heavy atom. The summed E-state index contributed by atoms with van der Waals surface area (Å²) < 4.78 is 31.7. The minimum Gasteiger partial charge on any atom is -0.475 e. The molecule has 3 rings (SSSR count). The zero-order valence-electron chi connectivity index (χ0n) is 11.8. The van der Waals surface area contributed by atoms with E-state index in [9.17, 15) is 13.2 Å². The van der Waals surface area contributed by atoms with Crippen LogP contribution in [0.4, 0.5) is 13.2 Å². The molecule has 124 valence electrons. The average molecular weight is 348 g/mol. The monoisotopic (exact) mass is 347 g/mol. The van der Waals surface area contributed by atoms with Crippen molar-refractivity contribution in [2.45, 2.75) is 19.0 Å². The zero-order chi connectivity index (χ0) is 17.0. The van der Waals surface area contributed by atoms with Gasteiger partial charge in [0.25, 0.3) is 0 Å². The van der Waals surface area contributed by atoms with E-state index in [1.807, 2.05) is 0 Å². The number of fused-ring (bicyclic) bond motifs is 2. The molecule has 2 aromatic rings. The van der Waals surface area contributed by atoms with Crippen molar-refractivity contribution in [2.75, 3.05) is 13.1 Å². The molecule has 0 saturated heterocycles. The first kappa shape index (κ1) is 17.4. The van der Waals surface area contributed by atoms with Crippen LogP contribution >= 0.6 is 11.6 Å². The second-order valence-electron chi connectivity index (χ2n) is 4.86. The summed E-state index contributed by atoms with van der Waals surface area (Å²) in [6.07, 6.45) is -1.36. The van der Waals surface area contributed by atoms with Crippen LogP contribution in [0.3, 0.4) is 0 Å². The number of benzene rings is 1. The lowest BCUT2D eigenvalue weighted by Gasteiger charge is -2.06. The Bertz CT molecular complexity index is 722. The topological polar surface area (TPSA) is 75.1 Å². The molecule has 0 spiro atoms. The van der Waals surface area contributed by atoms with E-state index in [1.165, 1.54) is 11.1 Å². The predicted molar refractivity (Wildman–Crippen MR) is 78.5 cm³/mol. The molecule has 1 aliphatic heterocycles. The summed E-state index contributed by atoms with van der Waals surface area (Å²) in [6.45, 7) is 2.08. The summed E-state index contributed by atoms with van der Waals surface area (Å²) >= 11 is 5.85. The molecule has 0 fully saturated rings. The summed E-state index contributed by atoms with van der Waals surface area (Å²) in [4.78, 5) is 17.5. The van der Waals surface area contributed by atoms with E-state index in [-0.39, 0.29) is 0 Å². The normalized spacial score (nSPS) is 14.4. The van der Waals surface area contributed by atoms with Gasteiger partial charge in [0.15, 0.2) is 0 Å². The van der Waals surface area contributed by atoms with Crippen LogP contribution in [0.25, 0.3) is 11.0 Å². The van der Waals surface area contributed by atoms with Gasteiger partial charge in [0.2, 0.25) is 0 Å². The highest BCUT2D eigenvalue weighted by molar-refractivity contribution is 6.29. The lowest BCUT2D eigenvalue weighted by molar-refractivity contribution is -0.192. The maximum Gasteiger partial charge on any atom is 0.490 e. The van der Waals surface area contributed by atoms with Crippen molar-refractivity contribution >= 4 is 28.6 Å². The fourth-order valence-electron chi connectivity index (χ4n) is 2.16. The molecule has 0 aliphatic carbocycles. The van der Waals surface area contributed by atoms with Crippen molar-refractivity contribution in [2.24, 2.45) is 0 Å². The quantitative estimate of drug-likeness (QED) is 0.766. The van der Waals surface area contributed by atoms with Crippen LogP contribution in [-0.4, -0.2) is 40.3 Å². The second kappa shape index (κ2) is 7.10. The number of carbonyl (C=O) groups is 1. The van der Waals surface area contributed by atoms with Crippen molar-refractivity contribution in [3.63, 3.8) is 0 Å². The highest BCUT2D eigenvalue weighted by Gasteiger charge is 2.38. The minimum absolute atomic E-state index is 0.458. The van der Waals surface area contributed by atoms with E-state index in [0.29, 0.717) is 5.15 Å². The molecular formula is C14H13ClF3N3O2. The molecule has 23 heavy (non-hydrogen) atoms. The third kappa shape index (κ3) is 4.77. The Kier molecular flexibility index (Phi) is 5.38. The first-order chi connectivity index (χ1) is 10.8. The van der Waals surface area contributed by atoms with Crippen LogP contribution in [0.1, 0.15) is 11.1 Å². The average Bonchev–Trinajstić information content (AvgIpc) is 2.69. The number of carboxylic acids is 1. The lowest BCUT2D eigenvalue weighted by Crippen LogP contribution is -2.21. The number of nitrogens with zero attached hydrogens (tertiary/aromatic N) is 2. The largest absolute Gasteiger partial charge is 0.490 e. The highest BCUT2D eigenvalue weighted by Crippen LogP contribution is 2.20. The van der Waals surface area contributed by atoms with Gasteiger partial charge in [-0.15, -0.1) is 0 Å². The molecular weight excluding hydrogens is 335 g/mol. The van der Waals surface area contributed by atoms with E-state index in [2.05, 4.69) is 27.4 Å². The van der Waals surface area contributed by atoms with Gasteiger partial charge in [-0.25, -0.2) is 9.78 Å². The molecule has 0 unspecified atom stereocenters. The molecule has 0 amide bonds. The van der Waals surface area contributed by atoms with Crippen LogP contribution in [-0.2, 0) is 17.6 Å². The number of halogens is 4. The molecule has 2 N–H and O–H groups in total. The Labute approximate surface area is 134 Å². The van der Waals surface area contributed by atoms with Crippen LogP contribution in [0.2, 0.25) is 5.15 Å². The van der Waals surface area contributed by atoms with Crippen molar-refractivity contribution in [1.82, 2.24) is 15.3 Å². The van der Waals surface area contributed by atoms with Gasteiger partial charge in [0.1, 0.15) is 5.15 Å². The number of carboxylic acid groups (broad SMARTS) is 1. The SMILES string of the molecule is Clc1cnc2cc3c(cc2n1)CCNCC3.O=C(O)C(F)(F)F. The molecule has 0 radical (unpaired) electrons. The molecule has 0 atom stereocenters. The van der Waals surface area contributed by atoms with Crippen LogP contribution in [0.5, 0.6) is 0 Å². The molecule has 1 aromatic carbocycles. The first-order valence-corrected chi connectivity index (χ1v) is 7.10. The number of aliphatic carboxylic acids is 1. The molecule has 2 heterocycles. The lowest BCUT2D eigenvalue weighted by atomic mass is 10.0. The van der Waals surface area contributed by atoms with E-state index in [1.54, 1.807) is 6.20 Å². The van der Waals surface area contributed by atoms with Gasteiger partial charge in [-0.1, -0.05) is 11.6 Å². The molecule has 0 bridgehead atoms. The number of aromatic nitrogens is 2. The van der Waals surface area contributed by atoms with E-state index < -0.39 is 12.1 Å². The van der Waals surface area contributed by atoms with E-state index in [0.717, 1.165) is 37.0 Å². The second-order valence-corrected chi connectivity index (χ2v) is 5.24. The maximum absolute atomic E-state index is 10.6. The smallest absolute Gasteiger partial charge is 0.475 e. The van der Waals surface area contributed by atoms with Gasteiger partial charge in [0, 0.05) is 0 Å². The number of rotatable bonds is 0. The Morgan fingerprint density at radius 2 is 1.70 bits per heavy atom. The summed E-state index contributed by atoms with van der Waals surface area (Å²) in [5.74, 6) is -2.76. The number of nitrogens with one attached hydrogen (secondary N) is 1. The summed E-state index contributed by atoms with van der Waals surface area (Å²) in [5, 5.41) is 11.0. The third-order valence-corrected chi connectivity index (χ3v) is 3.40. The van der Waals surface area contributed by atoms with Gasteiger partial charge in [0.05, 0.1) is 17.2 Å². The van der Waals surface area contributed by atoms with Gasteiger partial charge >= 0.3 is 12.1 Å². The molecule has 0 saturated carbocycles. The van der Waals surface area contributed by atoms with Gasteiger partial charge in [-0.2, -0.15) is 13.2 Å². The summed E-state index contributed by atoms with van der Waals surface area (Å²) in [7, 11) is 0. The highest BCUT2D eigenvalue weighted by atomic mass is 35.5. The van der Waals surface area contributed by atoms with Crippen molar-refractivity contribution in [3.8, 4) is 0 Å². The molecule has 1 aliphatic rings. The number of alkyl halides is 3. The van der Waals surface area contributed by atoms with E-state index >= 15 is 0 Å². The number of hydrogen-bond donors (Lipinski definition) is 2. The van der Waals surface area contributed by atoms with Crippen molar-refractivity contribution < 1.29 is 23.1 Å². The van der Waals surface area contributed by atoms with Gasteiger partial charge in [-0.05, 0) is 49.2 Å². The Morgan fingerprint density at radius 3 is 2.22 bits per heavy atom. The molecule has 9 heteroatoms. The molecule has 1 aromatic heterocycles. The van der Waals surface area contributed by atoms with Crippen LogP contribution < -0.4 is 5.32 Å². The summed E-state index contributed by atoms with van der Waals surface area (Å²) in [5.41, 5.74) is 4.58. The van der Waals surface area contributed by atoms with Crippen LogP contribution in [0, 0.1) is 0 Å². The molecule has 5 nitrogen and oxygen atoms in total. The Balaban J connectivity index is 0.000000236. The third-order valence-electron chi connectivity index (χ3n) is 3.22. The van der Waals surface area contributed by atoms with E-state index in [4.69, 9.17) is 21.5 Å². The zero-order valence-corrected chi connectivity index (χ0v) is 12.6. The fraction of sp³-hybridized carbons (Fsp3) is 0.357. The predicted octanol–water partition coefficient (Wildman–Crippen LogP) is 2.60. The first-order valence-electron chi connectivity index (χ1n) is 6.72. The van der Waals surface area contributed by atoms with Crippen molar-refractivity contribution in [1.29, 1.82) is 0 Å². The van der Waals surface area contributed by atoms with Crippen molar-refractivity contribution in [3.05, 3.63) is 34.6 Å². The Hall–Kier alpha value is -1.93. The standard InChI is InChI=1S/C12H12ClN3.C2HF3O2/c13-12-7-15-10-5-8-1-3-14-4-2-9(8)6-11(10)16-12;3-2(4,5)1(6)7/h5-7,14H,1-4H2;(H,6,7). The maximum atomic E-state index is 10.6. The fourth-order valence-corrected chi connectivity index (χ4v) is 2.30. The summed E-state index contributed by atoms with van der Waals surface area (Å²) in [6, 6.07) is 4.26. The van der Waals surface area contributed by atoms with Gasteiger partial charge < -0.3 is 10.4 Å². The van der Waals surface area contributed by atoms with Crippen LogP contribution in [0.15, 0.2) is 18.3 Å².